The molecule has 0 aliphatic carbocycles. The van der Waals surface area contributed by atoms with Crippen LogP contribution in [0.4, 0.5) is 11.4 Å². The van der Waals surface area contributed by atoms with E-state index in [-0.39, 0.29) is 23.9 Å². The fourth-order valence-corrected chi connectivity index (χ4v) is 2.45. The Bertz CT molecular complexity index is 776. The quantitative estimate of drug-likeness (QED) is 0.677. The van der Waals surface area contributed by atoms with E-state index in [1.165, 1.54) is 0 Å². The van der Waals surface area contributed by atoms with E-state index in [4.69, 9.17) is 11.6 Å². The van der Waals surface area contributed by atoms with Gasteiger partial charge in [-0.15, -0.1) is 0 Å². The van der Waals surface area contributed by atoms with Crippen molar-refractivity contribution in [1.82, 2.24) is 5.32 Å². The van der Waals surface area contributed by atoms with Gasteiger partial charge in [-0.1, -0.05) is 36.7 Å². The number of benzene rings is 2. The third kappa shape index (κ3) is 5.77. The van der Waals surface area contributed by atoms with Gasteiger partial charge in [0.1, 0.15) is 0 Å². The van der Waals surface area contributed by atoms with E-state index in [1.807, 2.05) is 51.1 Å². The molecule has 0 radical (unpaired) electrons. The molecule has 2 aromatic rings. The summed E-state index contributed by atoms with van der Waals surface area (Å²) >= 11 is 6.24. The number of hydrogen-bond donors (Lipinski definition) is 3. The number of hydrogen-bond acceptors (Lipinski definition) is 3. The summed E-state index contributed by atoms with van der Waals surface area (Å²) in [5.74, 6) is -0.381. The van der Waals surface area contributed by atoms with Crippen LogP contribution >= 0.6 is 11.6 Å². The molecule has 2 amide bonds. The van der Waals surface area contributed by atoms with Gasteiger partial charge in [-0.3, -0.25) is 9.59 Å². The van der Waals surface area contributed by atoms with Crippen LogP contribution in [-0.4, -0.2) is 23.9 Å². The molecule has 0 atom stereocenters. The Balaban J connectivity index is 1.94. The normalized spacial score (nSPS) is 10.9. The van der Waals surface area contributed by atoms with Crippen LogP contribution < -0.4 is 16.0 Å². The summed E-state index contributed by atoms with van der Waals surface area (Å²) in [6.07, 6.45) is 0.812. The number of carbonyl (C=O) groups is 2. The van der Waals surface area contributed by atoms with Crippen LogP contribution in [0.3, 0.4) is 0 Å². The summed E-state index contributed by atoms with van der Waals surface area (Å²) in [6, 6.07) is 14.3. The fraction of sp³-hybridized carbons (Fsp3) is 0.300. The van der Waals surface area contributed by atoms with Gasteiger partial charge in [-0.05, 0) is 50.6 Å². The minimum atomic E-state index is -0.299. The second kappa shape index (κ2) is 8.72. The number of anilines is 2. The van der Waals surface area contributed by atoms with Gasteiger partial charge in [0.15, 0.2) is 0 Å². The Labute approximate surface area is 159 Å². The number of halogens is 1. The fourth-order valence-electron chi connectivity index (χ4n) is 2.18. The first-order valence-corrected chi connectivity index (χ1v) is 8.89. The highest BCUT2D eigenvalue weighted by Crippen LogP contribution is 2.22. The molecule has 0 heterocycles. The maximum Gasteiger partial charge on any atom is 0.253 e. The van der Waals surface area contributed by atoms with Gasteiger partial charge >= 0.3 is 0 Å². The van der Waals surface area contributed by atoms with Gasteiger partial charge in [0.2, 0.25) is 5.91 Å². The van der Waals surface area contributed by atoms with E-state index in [0.717, 1.165) is 12.1 Å². The molecular formula is C20H24ClN3O2. The summed E-state index contributed by atoms with van der Waals surface area (Å²) in [5, 5.41) is 9.08. The second-order valence-electron chi connectivity index (χ2n) is 6.65. The zero-order valence-electron chi connectivity index (χ0n) is 15.2. The van der Waals surface area contributed by atoms with Crippen molar-refractivity contribution in [3.05, 3.63) is 59.1 Å². The summed E-state index contributed by atoms with van der Waals surface area (Å²) in [4.78, 5) is 24.3. The molecule has 0 bridgehead atoms. The van der Waals surface area contributed by atoms with Crippen molar-refractivity contribution >= 4 is 34.8 Å². The van der Waals surface area contributed by atoms with Crippen LogP contribution in [0.5, 0.6) is 0 Å². The average Bonchev–Trinajstić information content (AvgIpc) is 2.60. The molecule has 0 aromatic heterocycles. The Morgan fingerprint density at radius 2 is 1.73 bits per heavy atom. The molecular weight excluding hydrogens is 350 g/mol. The van der Waals surface area contributed by atoms with Crippen LogP contribution in [0.2, 0.25) is 5.02 Å². The van der Waals surface area contributed by atoms with Gasteiger partial charge in [0, 0.05) is 16.9 Å². The number of carbonyl (C=O) groups excluding carboxylic acids is 2. The lowest BCUT2D eigenvalue weighted by atomic mass is 10.0. The molecule has 138 valence electrons. The summed E-state index contributed by atoms with van der Waals surface area (Å²) in [7, 11) is 0. The lowest BCUT2D eigenvalue weighted by molar-refractivity contribution is -0.114. The van der Waals surface area contributed by atoms with Gasteiger partial charge in [0.05, 0.1) is 17.1 Å². The average molecular weight is 374 g/mol. The zero-order valence-corrected chi connectivity index (χ0v) is 16.0. The van der Waals surface area contributed by atoms with E-state index in [2.05, 4.69) is 16.0 Å². The summed E-state index contributed by atoms with van der Waals surface area (Å²) < 4.78 is 0. The monoisotopic (exact) mass is 373 g/mol. The van der Waals surface area contributed by atoms with Crippen molar-refractivity contribution in [2.75, 3.05) is 17.2 Å². The van der Waals surface area contributed by atoms with Gasteiger partial charge in [-0.2, -0.15) is 0 Å². The molecule has 3 N–H and O–H groups in total. The standard InChI is InChI=1S/C20H24ClN3O2/c1-4-20(2,3)24-19(26)16-11-10-15(12-17(16)21)22-13-18(25)23-14-8-6-5-7-9-14/h5-12,22H,4,13H2,1-3H3,(H,23,25)(H,24,26). The minimum absolute atomic E-state index is 0.0969. The topological polar surface area (TPSA) is 70.2 Å². The van der Waals surface area contributed by atoms with Crippen molar-refractivity contribution in [1.29, 1.82) is 0 Å². The molecule has 0 fully saturated rings. The lowest BCUT2D eigenvalue weighted by Crippen LogP contribution is -2.42. The van der Waals surface area contributed by atoms with Crippen LogP contribution in [0.15, 0.2) is 48.5 Å². The molecule has 2 aromatic carbocycles. The SMILES string of the molecule is CCC(C)(C)NC(=O)c1ccc(NCC(=O)Nc2ccccc2)cc1Cl. The van der Waals surface area contributed by atoms with Crippen LogP contribution in [0, 0.1) is 0 Å². The largest absolute Gasteiger partial charge is 0.376 e. The molecule has 0 saturated heterocycles. The highest BCUT2D eigenvalue weighted by molar-refractivity contribution is 6.34. The maximum absolute atomic E-state index is 12.3. The van der Waals surface area contributed by atoms with Gasteiger partial charge < -0.3 is 16.0 Å². The molecule has 6 heteroatoms. The predicted octanol–water partition coefficient (Wildman–Crippen LogP) is 4.31. The number of amides is 2. The lowest BCUT2D eigenvalue weighted by Gasteiger charge is -2.24. The molecule has 0 aliphatic heterocycles. The van der Waals surface area contributed by atoms with Crippen LogP contribution in [0.25, 0.3) is 0 Å². The van der Waals surface area contributed by atoms with Crippen molar-refractivity contribution in [3.63, 3.8) is 0 Å². The first kappa shape index (κ1) is 19.8. The van der Waals surface area contributed by atoms with Crippen LogP contribution in [0.1, 0.15) is 37.6 Å². The van der Waals surface area contributed by atoms with Crippen molar-refractivity contribution in [2.45, 2.75) is 32.7 Å². The first-order valence-electron chi connectivity index (χ1n) is 8.51. The van der Waals surface area contributed by atoms with Crippen molar-refractivity contribution in [2.24, 2.45) is 0 Å². The molecule has 0 unspecified atom stereocenters. The Kier molecular flexibility index (Phi) is 6.64. The first-order chi connectivity index (χ1) is 12.3. The van der Waals surface area contributed by atoms with E-state index in [1.54, 1.807) is 18.2 Å². The highest BCUT2D eigenvalue weighted by Gasteiger charge is 2.20. The highest BCUT2D eigenvalue weighted by atomic mass is 35.5. The summed E-state index contributed by atoms with van der Waals surface area (Å²) in [6.45, 7) is 6.02. The predicted molar refractivity (Wildman–Crippen MR) is 107 cm³/mol. The third-order valence-corrected chi connectivity index (χ3v) is 4.37. The van der Waals surface area contributed by atoms with Crippen molar-refractivity contribution < 1.29 is 9.59 Å². The molecule has 0 spiro atoms. The molecule has 2 rings (SSSR count). The van der Waals surface area contributed by atoms with Gasteiger partial charge in [-0.25, -0.2) is 0 Å². The number of rotatable bonds is 7. The van der Waals surface area contributed by atoms with Crippen LogP contribution in [-0.2, 0) is 4.79 Å². The molecule has 26 heavy (non-hydrogen) atoms. The number of nitrogens with one attached hydrogen (secondary N) is 3. The Morgan fingerprint density at radius 1 is 1.04 bits per heavy atom. The van der Waals surface area contributed by atoms with E-state index in [0.29, 0.717) is 16.3 Å². The Hall–Kier alpha value is -2.53. The van der Waals surface area contributed by atoms with Gasteiger partial charge in [0.25, 0.3) is 5.91 Å². The molecule has 5 nitrogen and oxygen atoms in total. The Morgan fingerprint density at radius 3 is 2.35 bits per heavy atom. The zero-order chi connectivity index (χ0) is 19.2. The smallest absolute Gasteiger partial charge is 0.253 e. The third-order valence-electron chi connectivity index (χ3n) is 4.06. The second-order valence-corrected chi connectivity index (χ2v) is 7.06. The van der Waals surface area contributed by atoms with Crippen molar-refractivity contribution in [3.8, 4) is 0 Å². The summed E-state index contributed by atoms with van der Waals surface area (Å²) in [5.41, 5.74) is 1.52. The number of para-hydroxylation sites is 1. The maximum atomic E-state index is 12.3. The molecule has 0 saturated carbocycles. The van der Waals surface area contributed by atoms with E-state index < -0.39 is 0 Å². The molecule has 0 aliphatic rings. The van der Waals surface area contributed by atoms with E-state index in [9.17, 15) is 9.59 Å². The minimum Gasteiger partial charge on any atom is -0.376 e. The van der Waals surface area contributed by atoms with E-state index >= 15 is 0 Å².